The molecule has 1 amide bonds. The summed E-state index contributed by atoms with van der Waals surface area (Å²) in [5.74, 6) is -2.08. The Morgan fingerprint density at radius 2 is 2.25 bits per heavy atom. The minimum absolute atomic E-state index is 0.114. The van der Waals surface area contributed by atoms with Crippen LogP contribution in [0, 0.1) is 11.6 Å². The quantitative estimate of drug-likeness (QED) is 0.829. The van der Waals surface area contributed by atoms with E-state index in [0.29, 0.717) is 26.2 Å². The molecule has 1 aromatic heterocycles. The molecule has 1 unspecified atom stereocenters. The molecule has 0 saturated carbocycles. The van der Waals surface area contributed by atoms with Crippen LogP contribution in [0.3, 0.4) is 0 Å². The molecule has 0 spiro atoms. The maximum atomic E-state index is 13.1. The van der Waals surface area contributed by atoms with E-state index >= 15 is 0 Å². The van der Waals surface area contributed by atoms with E-state index < -0.39 is 11.6 Å². The van der Waals surface area contributed by atoms with E-state index in [1.807, 2.05) is 12.3 Å². The minimum atomic E-state index is -1.01. The predicted molar refractivity (Wildman–Crippen MR) is 80.4 cm³/mol. The first-order chi connectivity index (χ1) is 11.6. The van der Waals surface area contributed by atoms with Gasteiger partial charge in [0, 0.05) is 31.5 Å². The molecule has 0 aliphatic carbocycles. The van der Waals surface area contributed by atoms with Gasteiger partial charge in [-0.15, -0.1) is 0 Å². The summed E-state index contributed by atoms with van der Waals surface area (Å²) < 4.78 is 38.6. The van der Waals surface area contributed by atoms with Gasteiger partial charge in [-0.25, -0.2) is 8.78 Å². The van der Waals surface area contributed by atoms with Gasteiger partial charge in [0.2, 0.25) is 0 Å². The number of aromatic nitrogens is 2. The molecule has 1 aliphatic heterocycles. The number of amides is 1. The molecule has 128 valence electrons. The van der Waals surface area contributed by atoms with Crippen molar-refractivity contribution in [1.29, 1.82) is 0 Å². The Kier molecular flexibility index (Phi) is 5.05. The molecule has 8 heteroatoms. The minimum Gasteiger partial charge on any atom is -0.484 e. The molecule has 2 heterocycles. The summed E-state index contributed by atoms with van der Waals surface area (Å²) in [5.41, 5.74) is 0. The van der Waals surface area contributed by atoms with Crippen LogP contribution in [-0.4, -0.2) is 53.0 Å². The molecule has 1 fully saturated rings. The fourth-order valence-electron chi connectivity index (χ4n) is 2.48. The first-order valence-corrected chi connectivity index (χ1v) is 7.56. The van der Waals surface area contributed by atoms with Gasteiger partial charge in [0.1, 0.15) is 5.75 Å². The van der Waals surface area contributed by atoms with Crippen molar-refractivity contribution in [3.8, 4) is 5.75 Å². The second-order valence-corrected chi connectivity index (χ2v) is 5.43. The third-order valence-electron chi connectivity index (χ3n) is 3.69. The van der Waals surface area contributed by atoms with Crippen LogP contribution in [0.4, 0.5) is 8.78 Å². The van der Waals surface area contributed by atoms with Gasteiger partial charge < -0.3 is 14.4 Å². The lowest BCUT2D eigenvalue weighted by Crippen LogP contribution is -2.48. The third kappa shape index (κ3) is 4.08. The molecule has 1 aliphatic rings. The molecule has 0 radical (unpaired) electrons. The second kappa shape index (κ2) is 7.39. The average Bonchev–Trinajstić information content (AvgIpc) is 3.09. The summed E-state index contributed by atoms with van der Waals surface area (Å²) in [6.07, 6.45) is 3.36. The zero-order valence-corrected chi connectivity index (χ0v) is 12.9. The molecule has 0 bridgehead atoms. The van der Waals surface area contributed by atoms with Crippen LogP contribution in [0.2, 0.25) is 0 Å². The van der Waals surface area contributed by atoms with Crippen molar-refractivity contribution in [2.75, 3.05) is 26.3 Å². The van der Waals surface area contributed by atoms with Crippen LogP contribution >= 0.6 is 0 Å². The van der Waals surface area contributed by atoms with Gasteiger partial charge in [-0.05, 0) is 18.2 Å². The SMILES string of the molecule is O=C(COc1ccc(F)c(F)c1)N1CCOC(Cn2cccn2)C1. The number of ether oxygens (including phenoxy) is 2. The number of hydrogen-bond acceptors (Lipinski definition) is 4. The van der Waals surface area contributed by atoms with Crippen LogP contribution in [0.5, 0.6) is 5.75 Å². The maximum Gasteiger partial charge on any atom is 0.260 e. The van der Waals surface area contributed by atoms with Gasteiger partial charge in [-0.1, -0.05) is 0 Å². The van der Waals surface area contributed by atoms with Gasteiger partial charge in [0.05, 0.1) is 19.3 Å². The summed E-state index contributed by atoms with van der Waals surface area (Å²) in [4.78, 5) is 13.9. The fraction of sp³-hybridized carbons (Fsp3) is 0.375. The Balaban J connectivity index is 1.51. The Labute approximate surface area is 137 Å². The molecule has 6 nitrogen and oxygen atoms in total. The highest BCUT2D eigenvalue weighted by molar-refractivity contribution is 5.77. The first-order valence-electron chi connectivity index (χ1n) is 7.56. The van der Waals surface area contributed by atoms with E-state index in [-0.39, 0.29) is 24.4 Å². The van der Waals surface area contributed by atoms with Gasteiger partial charge >= 0.3 is 0 Å². The zero-order chi connectivity index (χ0) is 16.9. The highest BCUT2D eigenvalue weighted by Crippen LogP contribution is 2.16. The Morgan fingerprint density at radius 3 is 3.00 bits per heavy atom. The van der Waals surface area contributed by atoms with Crippen LogP contribution in [0.25, 0.3) is 0 Å². The number of rotatable bonds is 5. The summed E-state index contributed by atoms with van der Waals surface area (Å²) in [6.45, 7) is 1.65. The van der Waals surface area contributed by atoms with Crippen LogP contribution in [0.15, 0.2) is 36.7 Å². The average molecular weight is 337 g/mol. The van der Waals surface area contributed by atoms with Crippen molar-refractivity contribution >= 4 is 5.91 Å². The smallest absolute Gasteiger partial charge is 0.260 e. The Bertz CT molecular complexity index is 694. The molecule has 24 heavy (non-hydrogen) atoms. The molecule has 3 rings (SSSR count). The molecule has 1 saturated heterocycles. The monoisotopic (exact) mass is 337 g/mol. The van der Waals surface area contributed by atoms with Crippen molar-refractivity contribution in [3.63, 3.8) is 0 Å². The van der Waals surface area contributed by atoms with Gasteiger partial charge in [0.25, 0.3) is 5.91 Å². The standard InChI is InChI=1S/C16H17F2N3O3/c17-14-3-2-12(8-15(14)18)24-11-16(22)20-6-7-23-13(9-20)10-21-5-1-4-19-21/h1-5,8,13H,6-7,9-11H2. The lowest BCUT2D eigenvalue weighted by molar-refractivity contribution is -0.141. The first kappa shape index (κ1) is 16.4. The number of hydrogen-bond donors (Lipinski definition) is 0. The van der Waals surface area contributed by atoms with E-state index in [9.17, 15) is 13.6 Å². The zero-order valence-electron chi connectivity index (χ0n) is 12.9. The number of morpholine rings is 1. The molecule has 0 N–H and O–H groups in total. The fourth-order valence-corrected chi connectivity index (χ4v) is 2.48. The predicted octanol–water partition coefficient (Wildman–Crippen LogP) is 1.47. The number of carbonyl (C=O) groups is 1. The topological polar surface area (TPSA) is 56.6 Å². The normalized spacial score (nSPS) is 17.8. The molecular weight excluding hydrogens is 320 g/mol. The largest absolute Gasteiger partial charge is 0.484 e. The maximum absolute atomic E-state index is 13.1. The lowest BCUT2D eigenvalue weighted by Gasteiger charge is -2.32. The van der Waals surface area contributed by atoms with Crippen LogP contribution in [-0.2, 0) is 16.1 Å². The second-order valence-electron chi connectivity index (χ2n) is 5.43. The number of benzene rings is 1. The van der Waals surface area contributed by atoms with Crippen molar-refractivity contribution in [2.45, 2.75) is 12.6 Å². The highest BCUT2D eigenvalue weighted by atomic mass is 19.2. The van der Waals surface area contributed by atoms with Gasteiger partial charge in [-0.2, -0.15) is 5.10 Å². The Morgan fingerprint density at radius 1 is 1.38 bits per heavy atom. The summed E-state index contributed by atoms with van der Waals surface area (Å²) in [5, 5.41) is 4.11. The van der Waals surface area contributed by atoms with E-state index in [0.717, 1.165) is 12.1 Å². The highest BCUT2D eigenvalue weighted by Gasteiger charge is 2.25. The van der Waals surface area contributed by atoms with Crippen molar-refractivity contribution in [3.05, 3.63) is 48.3 Å². The van der Waals surface area contributed by atoms with Crippen molar-refractivity contribution in [2.24, 2.45) is 0 Å². The van der Waals surface area contributed by atoms with E-state index in [4.69, 9.17) is 9.47 Å². The number of nitrogens with zero attached hydrogens (tertiary/aromatic N) is 3. The third-order valence-corrected chi connectivity index (χ3v) is 3.69. The summed E-state index contributed by atoms with van der Waals surface area (Å²) in [6, 6.07) is 4.99. The van der Waals surface area contributed by atoms with Crippen LogP contribution < -0.4 is 4.74 Å². The molecule has 1 aromatic carbocycles. The number of halogens is 2. The van der Waals surface area contributed by atoms with E-state index in [1.54, 1.807) is 15.8 Å². The van der Waals surface area contributed by atoms with Crippen molar-refractivity contribution in [1.82, 2.24) is 14.7 Å². The molecule has 2 aromatic rings. The molecular formula is C16H17F2N3O3. The van der Waals surface area contributed by atoms with Crippen molar-refractivity contribution < 1.29 is 23.0 Å². The summed E-state index contributed by atoms with van der Waals surface area (Å²) in [7, 11) is 0. The molecule has 1 atom stereocenters. The van der Waals surface area contributed by atoms with Gasteiger partial charge in [-0.3, -0.25) is 9.48 Å². The summed E-state index contributed by atoms with van der Waals surface area (Å²) >= 11 is 0. The van der Waals surface area contributed by atoms with E-state index in [1.165, 1.54) is 6.07 Å². The Hall–Kier alpha value is -2.48. The number of carbonyl (C=O) groups excluding carboxylic acids is 1. The van der Waals surface area contributed by atoms with Gasteiger partial charge in [0.15, 0.2) is 18.2 Å². The van der Waals surface area contributed by atoms with E-state index in [2.05, 4.69) is 5.10 Å². The lowest BCUT2D eigenvalue weighted by atomic mass is 10.2. The van der Waals surface area contributed by atoms with Crippen LogP contribution in [0.1, 0.15) is 0 Å².